The van der Waals surface area contributed by atoms with E-state index in [1.54, 1.807) is 0 Å². The highest BCUT2D eigenvalue weighted by atomic mass is 31.2. The van der Waals surface area contributed by atoms with E-state index in [1.807, 2.05) is 0 Å². The molecule has 0 spiro atoms. The molecule has 6 aromatic rings. The average molecular weight is 861 g/mol. The molecule has 4 heteroatoms. The zero-order valence-electron chi connectivity index (χ0n) is 38.4. The van der Waals surface area contributed by atoms with Gasteiger partial charge in [-0.1, -0.05) is 237 Å². The molecule has 8 rings (SSSR count). The summed E-state index contributed by atoms with van der Waals surface area (Å²) in [5.74, 6) is 8.62. The topological polar surface area (TPSA) is 18.5 Å². The summed E-state index contributed by atoms with van der Waals surface area (Å²) in [6.45, 7) is 14.8. The molecule has 2 heterocycles. The molecular formula is C58H70O2P2. The lowest BCUT2D eigenvalue weighted by Gasteiger charge is -2.44. The SMILES string of the molecule is CCC1O[C@H](C=P(c2ccccc2)(c2ccccc2)c2ccccc2)C(C)C(C)[C@H]1C.CCC1O[C@H](C=P(c2ccccc2)(c2ccccc2)c2ccccc2)C(C)C(C)[C@H]1C. The Balaban J connectivity index is 0.000000186. The lowest BCUT2D eigenvalue weighted by Crippen LogP contribution is -2.46. The molecule has 2 saturated heterocycles. The summed E-state index contributed by atoms with van der Waals surface area (Å²) in [7, 11) is 0. The fourth-order valence-electron chi connectivity index (χ4n) is 10.2. The Morgan fingerprint density at radius 1 is 0.323 bits per heavy atom. The van der Waals surface area contributed by atoms with E-state index in [-0.39, 0.29) is 12.2 Å². The van der Waals surface area contributed by atoms with Gasteiger partial charge in [-0.3, -0.25) is 0 Å². The van der Waals surface area contributed by atoms with Gasteiger partial charge < -0.3 is 9.47 Å². The van der Waals surface area contributed by atoms with E-state index in [9.17, 15) is 0 Å². The van der Waals surface area contributed by atoms with Gasteiger partial charge in [0.25, 0.3) is 0 Å². The summed E-state index contributed by atoms with van der Waals surface area (Å²) < 4.78 is 13.6. The number of hydrogen-bond donors (Lipinski definition) is 0. The van der Waals surface area contributed by atoms with Gasteiger partial charge in [-0.15, -0.1) is 0 Å². The standard InChI is InChI=1S/2C29H35OP/c2*1-5-28-23(3)22(2)24(4)29(30-28)21-31(25-15-9-6-10-16-25,26-17-11-7-12-18-26)27-19-13-8-14-20-27/h2*6-24,28-29H,5H2,1-4H3/t2*22?,23-,24?,28?,29-/m11/s1. The zero-order chi connectivity index (χ0) is 43.7. The molecule has 0 aromatic heterocycles. The number of hydrogen-bond acceptors (Lipinski definition) is 2. The van der Waals surface area contributed by atoms with Crippen molar-refractivity contribution in [3.05, 3.63) is 182 Å². The first-order valence-corrected chi connectivity index (χ1v) is 27.0. The molecule has 2 aliphatic heterocycles. The fraction of sp³-hybridized carbons (Fsp3) is 0.345. The van der Waals surface area contributed by atoms with E-state index < -0.39 is 13.8 Å². The van der Waals surface area contributed by atoms with Gasteiger partial charge in [-0.2, -0.15) is 0 Å². The third kappa shape index (κ3) is 9.37. The summed E-state index contributed by atoms with van der Waals surface area (Å²) in [6, 6.07) is 66.5. The highest BCUT2D eigenvalue weighted by molar-refractivity contribution is 7.94. The quantitative estimate of drug-likeness (QED) is 0.128. The Morgan fingerprint density at radius 2 is 0.532 bits per heavy atom. The normalized spacial score (nSPS) is 26.4. The molecule has 10 atom stereocenters. The molecule has 6 aromatic carbocycles. The summed E-state index contributed by atoms with van der Waals surface area (Å²) in [6.07, 6.45) is 3.02. The minimum absolute atomic E-state index is 0.130. The van der Waals surface area contributed by atoms with Crippen molar-refractivity contribution >= 4 is 57.2 Å². The smallest absolute Gasteiger partial charge is 0.0800 e. The number of rotatable bonds is 10. The van der Waals surface area contributed by atoms with Crippen LogP contribution in [0.2, 0.25) is 0 Å². The summed E-state index contributed by atoms with van der Waals surface area (Å²) in [4.78, 5) is 0. The largest absolute Gasteiger partial charge is 0.370 e. The van der Waals surface area contributed by atoms with E-state index in [1.165, 1.54) is 31.8 Å². The first-order valence-electron chi connectivity index (χ1n) is 23.3. The maximum Gasteiger partial charge on any atom is 0.0800 e. The van der Waals surface area contributed by atoms with Crippen LogP contribution in [0.5, 0.6) is 0 Å². The third-order valence-corrected chi connectivity index (χ3v) is 22.9. The van der Waals surface area contributed by atoms with Crippen molar-refractivity contribution in [1.29, 1.82) is 0 Å². The monoisotopic (exact) mass is 860 g/mol. The van der Waals surface area contributed by atoms with Crippen LogP contribution in [0.15, 0.2) is 182 Å². The van der Waals surface area contributed by atoms with Gasteiger partial charge in [0.05, 0.1) is 24.4 Å². The van der Waals surface area contributed by atoms with Crippen LogP contribution in [0, 0.1) is 35.5 Å². The predicted octanol–water partition coefficient (Wildman–Crippen LogP) is 11.7. The van der Waals surface area contributed by atoms with E-state index in [2.05, 4.69) is 249 Å². The van der Waals surface area contributed by atoms with Gasteiger partial charge in [0, 0.05) is 0 Å². The van der Waals surface area contributed by atoms with Crippen molar-refractivity contribution in [2.24, 2.45) is 35.5 Å². The molecule has 0 saturated carbocycles. The maximum atomic E-state index is 6.82. The molecular weight excluding hydrogens is 791 g/mol. The molecule has 0 radical (unpaired) electrons. The molecule has 0 bridgehead atoms. The Morgan fingerprint density at radius 3 is 0.726 bits per heavy atom. The Labute approximate surface area is 375 Å². The van der Waals surface area contributed by atoms with Crippen molar-refractivity contribution in [1.82, 2.24) is 0 Å². The van der Waals surface area contributed by atoms with E-state index in [0.29, 0.717) is 47.7 Å². The van der Waals surface area contributed by atoms with Crippen molar-refractivity contribution < 1.29 is 9.47 Å². The highest BCUT2D eigenvalue weighted by Crippen LogP contribution is 2.48. The summed E-state index contributed by atoms with van der Waals surface area (Å²) in [5, 5.41) is 8.35. The van der Waals surface area contributed by atoms with Crippen LogP contribution in [-0.2, 0) is 9.47 Å². The first-order chi connectivity index (χ1) is 30.1. The van der Waals surface area contributed by atoms with Crippen LogP contribution in [0.25, 0.3) is 0 Å². The van der Waals surface area contributed by atoms with Gasteiger partial charge in [0.15, 0.2) is 0 Å². The van der Waals surface area contributed by atoms with Crippen LogP contribution >= 0.6 is 13.8 Å². The van der Waals surface area contributed by atoms with Crippen molar-refractivity contribution in [2.45, 2.75) is 92.6 Å². The van der Waals surface area contributed by atoms with Crippen LogP contribution in [0.4, 0.5) is 0 Å². The predicted molar refractivity (Wildman–Crippen MR) is 275 cm³/mol. The van der Waals surface area contributed by atoms with Gasteiger partial charge in [0.2, 0.25) is 0 Å². The van der Waals surface area contributed by atoms with Crippen LogP contribution < -0.4 is 31.8 Å². The second-order valence-electron chi connectivity index (χ2n) is 18.0. The first kappa shape index (κ1) is 45.9. The molecule has 324 valence electrons. The molecule has 0 aliphatic carbocycles. The van der Waals surface area contributed by atoms with Crippen LogP contribution in [-0.4, -0.2) is 36.0 Å². The Bertz CT molecular complexity index is 1980. The Hall–Kier alpha value is -4.16. The van der Waals surface area contributed by atoms with Crippen molar-refractivity contribution in [2.75, 3.05) is 0 Å². The minimum atomic E-state index is -1.99. The van der Waals surface area contributed by atoms with Crippen LogP contribution in [0.3, 0.4) is 0 Å². The lowest BCUT2D eigenvalue weighted by atomic mass is 9.76. The number of benzene rings is 6. The molecule has 2 aliphatic rings. The molecule has 2 fully saturated rings. The number of ether oxygens (including phenoxy) is 2. The molecule has 0 amide bonds. The average Bonchev–Trinajstić information content (AvgIpc) is 3.34. The van der Waals surface area contributed by atoms with Crippen molar-refractivity contribution in [3.8, 4) is 0 Å². The minimum Gasteiger partial charge on any atom is -0.370 e. The molecule has 62 heavy (non-hydrogen) atoms. The van der Waals surface area contributed by atoms with Gasteiger partial charge in [-0.25, -0.2) is 0 Å². The van der Waals surface area contributed by atoms with Crippen molar-refractivity contribution in [3.63, 3.8) is 0 Å². The fourth-order valence-corrected chi connectivity index (χ4v) is 18.5. The summed E-state index contributed by atoms with van der Waals surface area (Å²) in [5.41, 5.74) is 0. The van der Waals surface area contributed by atoms with Gasteiger partial charge in [0.1, 0.15) is 0 Å². The van der Waals surface area contributed by atoms with Gasteiger partial charge in [-0.05, 0) is 106 Å². The van der Waals surface area contributed by atoms with Gasteiger partial charge >= 0.3 is 0 Å². The second-order valence-corrected chi connectivity index (χ2v) is 24.6. The zero-order valence-corrected chi connectivity index (χ0v) is 40.2. The molecule has 2 nitrogen and oxygen atoms in total. The van der Waals surface area contributed by atoms with E-state index in [0.717, 1.165) is 12.8 Å². The second kappa shape index (κ2) is 21.0. The maximum absolute atomic E-state index is 6.82. The van der Waals surface area contributed by atoms with E-state index >= 15 is 0 Å². The highest BCUT2D eigenvalue weighted by Gasteiger charge is 2.41. The third-order valence-electron chi connectivity index (χ3n) is 14.7. The molecule has 0 N–H and O–H groups in total. The van der Waals surface area contributed by atoms with E-state index in [4.69, 9.17) is 9.47 Å². The molecule has 6 unspecified atom stereocenters. The Kier molecular flexibility index (Phi) is 15.5. The lowest BCUT2D eigenvalue weighted by molar-refractivity contribution is -0.102. The summed E-state index contributed by atoms with van der Waals surface area (Å²) >= 11 is 0. The van der Waals surface area contributed by atoms with Crippen LogP contribution in [0.1, 0.15) is 68.2 Å².